The molecular weight excluding hydrogens is 244 g/mol. The maximum atomic E-state index is 5.60. The summed E-state index contributed by atoms with van der Waals surface area (Å²) in [4.78, 5) is 0.423. The van der Waals surface area contributed by atoms with Crippen LogP contribution in [0.1, 0.15) is 22.6 Å². The Labute approximate surface area is 112 Å². The lowest BCUT2D eigenvalue weighted by molar-refractivity contribution is 0.490. The predicted octanol–water partition coefficient (Wildman–Crippen LogP) is 3.14. The van der Waals surface area contributed by atoms with Gasteiger partial charge < -0.3 is 15.5 Å². The molecule has 0 unspecified atom stereocenters. The Morgan fingerprint density at radius 2 is 2.06 bits per heavy atom. The van der Waals surface area contributed by atoms with Crippen molar-refractivity contribution in [3.63, 3.8) is 0 Å². The highest BCUT2D eigenvalue weighted by Gasteiger charge is 2.03. The van der Waals surface area contributed by atoms with Crippen LogP contribution in [-0.4, -0.2) is 4.99 Å². The molecule has 0 aliphatic carbocycles. The van der Waals surface area contributed by atoms with Gasteiger partial charge in [-0.05, 0) is 49.7 Å². The van der Waals surface area contributed by atoms with E-state index in [1.165, 1.54) is 0 Å². The van der Waals surface area contributed by atoms with E-state index in [2.05, 4.69) is 5.32 Å². The molecule has 0 radical (unpaired) electrons. The van der Waals surface area contributed by atoms with E-state index in [1.54, 1.807) is 0 Å². The Balaban J connectivity index is 2.08. The quantitative estimate of drug-likeness (QED) is 0.829. The minimum absolute atomic E-state index is 0.423. The monoisotopic (exact) mass is 260 g/mol. The molecular formula is C14H16N2OS. The normalized spacial score (nSPS) is 10.3. The maximum absolute atomic E-state index is 5.60. The lowest BCUT2D eigenvalue weighted by Crippen LogP contribution is -2.10. The van der Waals surface area contributed by atoms with Crippen molar-refractivity contribution >= 4 is 22.9 Å². The van der Waals surface area contributed by atoms with Gasteiger partial charge in [-0.25, -0.2) is 0 Å². The standard InChI is InChI=1S/C14H16N2OS/c1-9-7-11(14(15)18)4-6-13(9)16-8-12-5-3-10(2)17-12/h3-7,16H,8H2,1-2H3,(H2,15,18). The lowest BCUT2D eigenvalue weighted by atomic mass is 10.1. The van der Waals surface area contributed by atoms with Crippen LogP contribution in [0.25, 0.3) is 0 Å². The van der Waals surface area contributed by atoms with E-state index in [0.717, 1.165) is 28.3 Å². The van der Waals surface area contributed by atoms with Crippen molar-refractivity contribution in [3.8, 4) is 0 Å². The van der Waals surface area contributed by atoms with Crippen LogP contribution in [0.5, 0.6) is 0 Å². The van der Waals surface area contributed by atoms with Crippen LogP contribution >= 0.6 is 12.2 Å². The van der Waals surface area contributed by atoms with Gasteiger partial charge in [-0.15, -0.1) is 0 Å². The Bertz CT molecular complexity index is 575. The van der Waals surface area contributed by atoms with E-state index in [4.69, 9.17) is 22.4 Å². The van der Waals surface area contributed by atoms with Gasteiger partial charge in [0, 0.05) is 11.3 Å². The molecule has 1 aromatic carbocycles. The Morgan fingerprint density at radius 1 is 1.28 bits per heavy atom. The molecule has 2 aromatic rings. The molecule has 0 amide bonds. The van der Waals surface area contributed by atoms with Gasteiger partial charge in [0.25, 0.3) is 0 Å². The van der Waals surface area contributed by atoms with Gasteiger partial charge in [0.05, 0.1) is 6.54 Å². The van der Waals surface area contributed by atoms with E-state index in [-0.39, 0.29) is 0 Å². The van der Waals surface area contributed by atoms with Crippen molar-refractivity contribution in [1.29, 1.82) is 0 Å². The number of thiocarbonyl (C=S) groups is 1. The predicted molar refractivity (Wildman–Crippen MR) is 77.8 cm³/mol. The third-order valence-corrected chi connectivity index (χ3v) is 3.00. The first kappa shape index (κ1) is 12.6. The number of furan rings is 1. The molecule has 0 aliphatic rings. The first-order valence-electron chi connectivity index (χ1n) is 5.76. The van der Waals surface area contributed by atoms with Crippen LogP contribution in [0.3, 0.4) is 0 Å². The van der Waals surface area contributed by atoms with E-state index in [1.807, 2.05) is 44.2 Å². The van der Waals surface area contributed by atoms with Crippen LogP contribution in [-0.2, 0) is 6.54 Å². The van der Waals surface area contributed by atoms with Gasteiger partial charge in [0.15, 0.2) is 0 Å². The summed E-state index contributed by atoms with van der Waals surface area (Å²) in [6.07, 6.45) is 0. The van der Waals surface area contributed by atoms with Gasteiger partial charge in [0.1, 0.15) is 16.5 Å². The summed E-state index contributed by atoms with van der Waals surface area (Å²) in [6, 6.07) is 9.82. The summed E-state index contributed by atoms with van der Waals surface area (Å²) >= 11 is 4.95. The molecule has 1 heterocycles. The highest BCUT2D eigenvalue weighted by Crippen LogP contribution is 2.18. The molecule has 0 saturated heterocycles. The number of nitrogens with one attached hydrogen (secondary N) is 1. The summed E-state index contributed by atoms with van der Waals surface area (Å²) in [6.45, 7) is 4.63. The molecule has 0 saturated carbocycles. The minimum atomic E-state index is 0.423. The molecule has 18 heavy (non-hydrogen) atoms. The molecule has 4 heteroatoms. The third kappa shape index (κ3) is 2.90. The van der Waals surface area contributed by atoms with Crippen LogP contribution in [0, 0.1) is 13.8 Å². The number of hydrogen-bond acceptors (Lipinski definition) is 3. The number of rotatable bonds is 4. The second-order valence-electron chi connectivity index (χ2n) is 4.26. The van der Waals surface area contributed by atoms with Gasteiger partial charge in [-0.1, -0.05) is 12.2 Å². The van der Waals surface area contributed by atoms with Crippen molar-refractivity contribution in [1.82, 2.24) is 0 Å². The topological polar surface area (TPSA) is 51.2 Å². The minimum Gasteiger partial charge on any atom is -0.465 e. The molecule has 94 valence electrons. The number of hydrogen-bond donors (Lipinski definition) is 2. The highest BCUT2D eigenvalue weighted by atomic mass is 32.1. The average molecular weight is 260 g/mol. The first-order chi connectivity index (χ1) is 8.56. The van der Waals surface area contributed by atoms with Crippen LogP contribution < -0.4 is 11.1 Å². The summed E-state index contributed by atoms with van der Waals surface area (Å²) in [5.74, 6) is 1.85. The largest absolute Gasteiger partial charge is 0.465 e. The fourth-order valence-corrected chi connectivity index (χ4v) is 1.90. The molecule has 0 aliphatic heterocycles. The van der Waals surface area contributed by atoms with E-state index in [0.29, 0.717) is 11.5 Å². The maximum Gasteiger partial charge on any atom is 0.123 e. The second-order valence-corrected chi connectivity index (χ2v) is 4.70. The van der Waals surface area contributed by atoms with Crippen molar-refractivity contribution in [2.24, 2.45) is 5.73 Å². The van der Waals surface area contributed by atoms with Gasteiger partial charge >= 0.3 is 0 Å². The van der Waals surface area contributed by atoms with Crippen molar-refractivity contribution in [2.45, 2.75) is 20.4 Å². The molecule has 0 bridgehead atoms. The van der Waals surface area contributed by atoms with E-state index in [9.17, 15) is 0 Å². The fourth-order valence-electron chi connectivity index (χ4n) is 1.78. The Hall–Kier alpha value is -1.81. The number of anilines is 1. The number of aryl methyl sites for hydroxylation is 2. The molecule has 1 aromatic heterocycles. The zero-order valence-electron chi connectivity index (χ0n) is 10.5. The Morgan fingerprint density at radius 3 is 2.61 bits per heavy atom. The molecule has 0 fully saturated rings. The highest BCUT2D eigenvalue weighted by molar-refractivity contribution is 7.80. The third-order valence-electron chi connectivity index (χ3n) is 2.76. The number of benzene rings is 1. The number of nitrogens with two attached hydrogens (primary N) is 1. The van der Waals surface area contributed by atoms with Crippen LogP contribution in [0.4, 0.5) is 5.69 Å². The van der Waals surface area contributed by atoms with Crippen LogP contribution in [0.15, 0.2) is 34.7 Å². The average Bonchev–Trinajstić information content (AvgIpc) is 2.73. The summed E-state index contributed by atoms with van der Waals surface area (Å²) in [7, 11) is 0. The molecule has 0 spiro atoms. The molecule has 3 nitrogen and oxygen atoms in total. The second kappa shape index (κ2) is 5.23. The van der Waals surface area contributed by atoms with Crippen LogP contribution in [0.2, 0.25) is 0 Å². The summed E-state index contributed by atoms with van der Waals surface area (Å²) < 4.78 is 5.50. The van der Waals surface area contributed by atoms with Gasteiger partial charge in [-0.3, -0.25) is 0 Å². The zero-order chi connectivity index (χ0) is 13.1. The SMILES string of the molecule is Cc1ccc(CNc2ccc(C(N)=S)cc2C)o1. The van der Waals surface area contributed by atoms with Crippen molar-refractivity contribution < 1.29 is 4.42 Å². The fraction of sp³-hybridized carbons (Fsp3) is 0.214. The van der Waals surface area contributed by atoms with Gasteiger partial charge in [-0.2, -0.15) is 0 Å². The molecule has 3 N–H and O–H groups in total. The van der Waals surface area contributed by atoms with Crippen molar-refractivity contribution in [2.75, 3.05) is 5.32 Å². The van der Waals surface area contributed by atoms with E-state index < -0.39 is 0 Å². The molecule has 2 rings (SSSR count). The zero-order valence-corrected chi connectivity index (χ0v) is 11.3. The smallest absolute Gasteiger partial charge is 0.123 e. The summed E-state index contributed by atoms with van der Waals surface area (Å²) in [5, 5.41) is 3.33. The lowest BCUT2D eigenvalue weighted by Gasteiger charge is -2.09. The van der Waals surface area contributed by atoms with Crippen molar-refractivity contribution in [3.05, 3.63) is 53.0 Å². The summed E-state index contributed by atoms with van der Waals surface area (Å²) in [5.41, 5.74) is 8.66. The molecule has 0 atom stereocenters. The van der Waals surface area contributed by atoms with E-state index >= 15 is 0 Å². The first-order valence-corrected chi connectivity index (χ1v) is 6.17. The Kier molecular flexibility index (Phi) is 3.67. The van der Waals surface area contributed by atoms with Gasteiger partial charge in [0.2, 0.25) is 0 Å².